The number of carbonyl (C=O) groups excluding carboxylic acids is 2. The van der Waals surface area contributed by atoms with Gasteiger partial charge in [-0.25, -0.2) is 12.8 Å². The summed E-state index contributed by atoms with van der Waals surface area (Å²) in [6.07, 6.45) is 1.65. The maximum absolute atomic E-state index is 13.4. The van der Waals surface area contributed by atoms with Crippen LogP contribution in [0.15, 0.2) is 42.5 Å². The maximum Gasteiger partial charge on any atom is 0.244 e. The van der Waals surface area contributed by atoms with Gasteiger partial charge in [0.2, 0.25) is 21.8 Å². The Morgan fingerprint density at radius 2 is 1.68 bits per heavy atom. The summed E-state index contributed by atoms with van der Waals surface area (Å²) in [5, 5.41) is 3.46. The molecule has 0 saturated carbocycles. The second-order valence-corrected chi connectivity index (χ2v) is 10.7. The van der Waals surface area contributed by atoms with E-state index in [1.165, 1.54) is 17.0 Å². The number of rotatable bonds is 10. The van der Waals surface area contributed by atoms with E-state index in [2.05, 4.69) is 5.32 Å². The van der Waals surface area contributed by atoms with Crippen molar-refractivity contribution in [2.75, 3.05) is 17.1 Å². The molecule has 0 aliphatic carbocycles. The minimum atomic E-state index is -3.89. The van der Waals surface area contributed by atoms with Gasteiger partial charge in [0.25, 0.3) is 0 Å². The van der Waals surface area contributed by atoms with Crippen LogP contribution in [0.4, 0.5) is 10.1 Å². The lowest BCUT2D eigenvalue weighted by atomic mass is 10.1. The monoisotopic (exact) mass is 531 g/mol. The molecule has 1 N–H and O–H groups in total. The molecule has 2 rings (SSSR count). The smallest absolute Gasteiger partial charge is 0.244 e. The zero-order chi connectivity index (χ0) is 25.6. The van der Waals surface area contributed by atoms with Crippen LogP contribution in [0.25, 0.3) is 0 Å². The molecule has 0 aliphatic rings. The fourth-order valence-corrected chi connectivity index (χ4v) is 4.27. The van der Waals surface area contributed by atoms with Gasteiger partial charge in [-0.3, -0.25) is 13.9 Å². The fraction of sp³-hybridized carbons (Fsp3) is 0.391. The first-order valence-electron chi connectivity index (χ1n) is 10.6. The molecule has 0 bridgehead atoms. The summed E-state index contributed by atoms with van der Waals surface area (Å²) in [7, 11) is -3.89. The van der Waals surface area contributed by atoms with Gasteiger partial charge in [0.05, 0.1) is 22.0 Å². The summed E-state index contributed by atoms with van der Waals surface area (Å²) < 4.78 is 39.1. The number of hydrogen-bond acceptors (Lipinski definition) is 4. The van der Waals surface area contributed by atoms with E-state index in [9.17, 15) is 22.4 Å². The molecule has 186 valence electrons. The quantitative estimate of drug-likeness (QED) is 0.496. The van der Waals surface area contributed by atoms with Gasteiger partial charge in [-0.2, -0.15) is 0 Å². The number of halogens is 3. The van der Waals surface area contributed by atoms with Crippen molar-refractivity contribution in [3.05, 3.63) is 63.9 Å². The van der Waals surface area contributed by atoms with E-state index in [1.807, 2.05) is 13.8 Å². The number of benzene rings is 2. The highest BCUT2D eigenvalue weighted by atomic mass is 35.5. The van der Waals surface area contributed by atoms with E-state index < -0.39 is 34.3 Å². The second-order valence-electron chi connectivity index (χ2n) is 8.01. The minimum absolute atomic E-state index is 0.00810. The summed E-state index contributed by atoms with van der Waals surface area (Å²) in [6, 6.07) is 8.56. The van der Waals surface area contributed by atoms with Gasteiger partial charge in [-0.05, 0) is 62.2 Å². The van der Waals surface area contributed by atoms with Crippen LogP contribution in [0.1, 0.15) is 32.8 Å². The molecule has 11 heteroatoms. The maximum atomic E-state index is 13.4. The van der Waals surface area contributed by atoms with Gasteiger partial charge in [0, 0.05) is 12.6 Å². The Hall–Kier alpha value is -2.36. The Bertz CT molecular complexity index is 1130. The molecule has 2 amide bonds. The van der Waals surface area contributed by atoms with E-state index in [4.69, 9.17) is 23.2 Å². The first-order valence-corrected chi connectivity index (χ1v) is 13.2. The Morgan fingerprint density at radius 1 is 1.06 bits per heavy atom. The molecule has 0 saturated heterocycles. The topological polar surface area (TPSA) is 86.8 Å². The van der Waals surface area contributed by atoms with Crippen molar-refractivity contribution in [2.24, 2.45) is 0 Å². The van der Waals surface area contributed by atoms with Gasteiger partial charge in [0.1, 0.15) is 18.4 Å². The van der Waals surface area contributed by atoms with Crippen LogP contribution in [-0.2, 0) is 26.2 Å². The van der Waals surface area contributed by atoms with Crippen molar-refractivity contribution in [1.29, 1.82) is 0 Å². The van der Waals surface area contributed by atoms with Crippen molar-refractivity contribution in [1.82, 2.24) is 10.2 Å². The van der Waals surface area contributed by atoms with E-state index in [1.54, 1.807) is 25.1 Å². The molecule has 0 aromatic heterocycles. The molecule has 34 heavy (non-hydrogen) atoms. The second kappa shape index (κ2) is 11.9. The summed E-state index contributed by atoms with van der Waals surface area (Å²) in [6.45, 7) is 4.74. The third kappa shape index (κ3) is 7.58. The van der Waals surface area contributed by atoms with E-state index in [0.717, 1.165) is 22.7 Å². The van der Waals surface area contributed by atoms with E-state index in [-0.39, 0.29) is 29.2 Å². The Morgan fingerprint density at radius 3 is 2.21 bits per heavy atom. The number of sulfonamides is 1. The zero-order valence-corrected chi connectivity index (χ0v) is 21.7. The lowest BCUT2D eigenvalue weighted by Crippen LogP contribution is -2.52. The lowest BCUT2D eigenvalue weighted by molar-refractivity contribution is -0.139. The highest BCUT2D eigenvalue weighted by Crippen LogP contribution is 2.24. The van der Waals surface area contributed by atoms with Crippen LogP contribution in [0.2, 0.25) is 10.0 Å². The van der Waals surface area contributed by atoms with Crippen LogP contribution in [-0.4, -0.2) is 50.0 Å². The Balaban J connectivity index is 2.40. The predicted molar refractivity (Wildman–Crippen MR) is 133 cm³/mol. The number of nitrogens with zero attached hydrogens (tertiary/aromatic N) is 2. The molecule has 2 aromatic carbocycles. The molecule has 0 heterocycles. The molecular weight excluding hydrogens is 504 g/mol. The minimum Gasteiger partial charge on any atom is -0.352 e. The highest BCUT2D eigenvalue weighted by Gasteiger charge is 2.30. The summed E-state index contributed by atoms with van der Waals surface area (Å²) in [5.41, 5.74) is 0.738. The number of anilines is 1. The van der Waals surface area contributed by atoms with E-state index in [0.29, 0.717) is 17.0 Å². The molecule has 0 fully saturated rings. The average molecular weight is 532 g/mol. The van der Waals surface area contributed by atoms with Gasteiger partial charge < -0.3 is 10.2 Å². The van der Waals surface area contributed by atoms with Crippen LogP contribution < -0.4 is 9.62 Å². The van der Waals surface area contributed by atoms with Crippen molar-refractivity contribution in [2.45, 2.75) is 45.8 Å². The summed E-state index contributed by atoms with van der Waals surface area (Å²) in [4.78, 5) is 27.5. The van der Waals surface area contributed by atoms with Crippen LogP contribution in [0.5, 0.6) is 0 Å². The first kappa shape index (κ1) is 27.9. The third-order valence-electron chi connectivity index (χ3n) is 5.30. The van der Waals surface area contributed by atoms with Gasteiger partial charge in [0.15, 0.2) is 0 Å². The van der Waals surface area contributed by atoms with Crippen LogP contribution in [0.3, 0.4) is 0 Å². The molecular formula is C23H28Cl2FN3O4S. The highest BCUT2D eigenvalue weighted by molar-refractivity contribution is 7.92. The fourth-order valence-electron chi connectivity index (χ4n) is 3.10. The van der Waals surface area contributed by atoms with Gasteiger partial charge >= 0.3 is 0 Å². The van der Waals surface area contributed by atoms with Gasteiger partial charge in [-0.15, -0.1) is 0 Å². The summed E-state index contributed by atoms with van der Waals surface area (Å²) >= 11 is 12.1. The molecule has 0 radical (unpaired) electrons. The first-order chi connectivity index (χ1) is 15.8. The number of carbonyl (C=O) groups is 2. The third-order valence-corrected chi connectivity index (χ3v) is 7.18. The molecule has 2 aromatic rings. The molecule has 7 nitrogen and oxygen atoms in total. The number of nitrogens with one attached hydrogen (secondary N) is 1. The lowest BCUT2D eigenvalue weighted by Gasteiger charge is -2.32. The number of amides is 2. The SMILES string of the molecule is CC[C@@H](C)NC(=O)[C@@H](C)N(Cc1ccc(Cl)c(Cl)c1)C(=O)CN(c1ccc(F)cc1)S(C)(=O)=O. The standard InChI is InChI=1S/C23H28Cl2FN3O4S/c1-5-15(2)27-23(31)16(3)28(13-17-6-11-20(24)21(25)12-17)22(30)14-29(34(4,32)33)19-9-7-18(26)8-10-19/h6-12,15-16H,5,13-14H2,1-4H3,(H,27,31)/t15-,16-/m1/s1. The van der Waals surface area contributed by atoms with Crippen molar-refractivity contribution in [3.8, 4) is 0 Å². The molecule has 0 aliphatic heterocycles. The zero-order valence-electron chi connectivity index (χ0n) is 19.4. The molecule has 2 atom stereocenters. The average Bonchev–Trinajstić information content (AvgIpc) is 2.77. The Labute approximate surface area is 209 Å². The van der Waals surface area contributed by atoms with Crippen molar-refractivity contribution >= 4 is 50.7 Å². The number of hydrogen-bond donors (Lipinski definition) is 1. The molecule has 0 unspecified atom stereocenters. The predicted octanol–water partition coefficient (Wildman–Crippen LogP) is 4.23. The van der Waals surface area contributed by atoms with E-state index >= 15 is 0 Å². The van der Waals surface area contributed by atoms with Crippen LogP contribution >= 0.6 is 23.2 Å². The van der Waals surface area contributed by atoms with Gasteiger partial charge in [-0.1, -0.05) is 36.2 Å². The van der Waals surface area contributed by atoms with Crippen molar-refractivity contribution < 1.29 is 22.4 Å². The van der Waals surface area contributed by atoms with Crippen LogP contribution in [0, 0.1) is 5.82 Å². The molecule has 0 spiro atoms. The largest absolute Gasteiger partial charge is 0.352 e. The summed E-state index contributed by atoms with van der Waals surface area (Å²) in [5.74, 6) is -1.54. The Kier molecular flexibility index (Phi) is 9.73. The van der Waals surface area contributed by atoms with Crippen molar-refractivity contribution in [3.63, 3.8) is 0 Å². The normalized spacial score (nSPS) is 13.1.